The molecule has 0 aliphatic rings. The zero-order valence-electron chi connectivity index (χ0n) is 9.40. The van der Waals surface area contributed by atoms with E-state index in [0.29, 0.717) is 6.42 Å². The highest BCUT2D eigenvalue weighted by atomic mass is 19.1. The average molecular weight is 219 g/mol. The van der Waals surface area contributed by atoms with Gasteiger partial charge < -0.3 is 0 Å². The van der Waals surface area contributed by atoms with Crippen LogP contribution in [-0.4, -0.2) is 5.78 Å². The Bertz CT molecular complexity index is 420. The van der Waals surface area contributed by atoms with Crippen molar-refractivity contribution in [3.63, 3.8) is 0 Å². The van der Waals surface area contributed by atoms with E-state index in [0.717, 1.165) is 0 Å². The number of Topliss-reactive ketones (excluding diaryl/α,β-unsaturated/α-hetero) is 1. The number of hydrogen-bond acceptors (Lipinski definition) is 2. The van der Waals surface area contributed by atoms with Crippen LogP contribution in [0, 0.1) is 29.0 Å². The Kier molecular flexibility index (Phi) is 4.19. The normalized spacial score (nSPS) is 12.2. The van der Waals surface area contributed by atoms with Crippen LogP contribution in [0.25, 0.3) is 0 Å². The van der Waals surface area contributed by atoms with E-state index in [-0.39, 0.29) is 11.5 Å². The smallest absolute Gasteiger partial charge is 0.182 e. The van der Waals surface area contributed by atoms with Crippen molar-refractivity contribution in [3.05, 3.63) is 35.6 Å². The van der Waals surface area contributed by atoms with Crippen LogP contribution in [0.15, 0.2) is 24.3 Å². The second kappa shape index (κ2) is 5.41. The summed E-state index contributed by atoms with van der Waals surface area (Å²) in [6.07, 6.45) is 0.462. The van der Waals surface area contributed by atoms with Crippen LogP contribution in [0.3, 0.4) is 0 Å². The number of benzene rings is 1. The molecule has 0 saturated heterocycles. The number of nitriles is 1. The van der Waals surface area contributed by atoms with Crippen molar-refractivity contribution in [2.45, 2.75) is 20.3 Å². The fourth-order valence-electron chi connectivity index (χ4n) is 1.54. The zero-order chi connectivity index (χ0) is 12.1. The Morgan fingerprint density at radius 3 is 2.56 bits per heavy atom. The summed E-state index contributed by atoms with van der Waals surface area (Å²) in [4.78, 5) is 11.9. The lowest BCUT2D eigenvalue weighted by molar-refractivity contribution is 0.0933. The van der Waals surface area contributed by atoms with Crippen LogP contribution in [0.4, 0.5) is 4.39 Å². The highest BCUT2D eigenvalue weighted by Crippen LogP contribution is 2.18. The molecule has 0 aliphatic carbocycles. The number of carbonyl (C=O) groups is 1. The Morgan fingerprint density at radius 2 is 2.06 bits per heavy atom. The van der Waals surface area contributed by atoms with Crippen molar-refractivity contribution in [1.29, 1.82) is 5.26 Å². The lowest BCUT2D eigenvalue weighted by Gasteiger charge is -2.10. The molecule has 0 aromatic heterocycles. The monoisotopic (exact) mass is 219 g/mol. The van der Waals surface area contributed by atoms with Crippen molar-refractivity contribution in [2.24, 2.45) is 11.8 Å². The summed E-state index contributed by atoms with van der Waals surface area (Å²) in [5.74, 6) is -1.50. The van der Waals surface area contributed by atoms with E-state index in [2.05, 4.69) is 0 Å². The van der Waals surface area contributed by atoms with Crippen molar-refractivity contribution < 1.29 is 9.18 Å². The van der Waals surface area contributed by atoms with Gasteiger partial charge in [-0.25, -0.2) is 4.39 Å². The van der Waals surface area contributed by atoms with Gasteiger partial charge in [0.05, 0.1) is 11.6 Å². The first kappa shape index (κ1) is 12.4. The van der Waals surface area contributed by atoms with Gasteiger partial charge in [0.1, 0.15) is 11.7 Å². The summed E-state index contributed by atoms with van der Waals surface area (Å²) in [6, 6.07) is 7.72. The van der Waals surface area contributed by atoms with E-state index in [1.807, 2.05) is 19.9 Å². The third-order valence-corrected chi connectivity index (χ3v) is 2.32. The van der Waals surface area contributed by atoms with Gasteiger partial charge in [-0.05, 0) is 24.5 Å². The second-order valence-corrected chi connectivity index (χ2v) is 4.16. The molecule has 3 heteroatoms. The predicted octanol–water partition coefficient (Wildman–Crippen LogP) is 3.19. The number of hydrogen-bond donors (Lipinski definition) is 0. The van der Waals surface area contributed by atoms with Gasteiger partial charge in [0.2, 0.25) is 0 Å². The molecule has 1 rings (SSSR count). The van der Waals surface area contributed by atoms with Crippen molar-refractivity contribution in [1.82, 2.24) is 0 Å². The number of halogens is 1. The lowest BCUT2D eigenvalue weighted by Crippen LogP contribution is -2.16. The van der Waals surface area contributed by atoms with Crippen molar-refractivity contribution in [3.8, 4) is 6.07 Å². The number of nitrogens with zero attached hydrogens (tertiary/aromatic N) is 1. The molecule has 84 valence electrons. The van der Waals surface area contributed by atoms with E-state index >= 15 is 0 Å². The summed E-state index contributed by atoms with van der Waals surface area (Å²) in [5, 5.41) is 8.90. The SMILES string of the molecule is CC(C)CC(C#N)C(=O)c1ccccc1F. The lowest BCUT2D eigenvalue weighted by atomic mass is 9.91. The van der Waals surface area contributed by atoms with Crippen molar-refractivity contribution >= 4 is 5.78 Å². The maximum Gasteiger partial charge on any atom is 0.182 e. The molecular formula is C13H14FNO. The maximum absolute atomic E-state index is 13.3. The molecule has 0 bridgehead atoms. The highest BCUT2D eigenvalue weighted by molar-refractivity contribution is 5.99. The molecular weight excluding hydrogens is 205 g/mol. The van der Waals surface area contributed by atoms with Gasteiger partial charge in [0.15, 0.2) is 5.78 Å². The van der Waals surface area contributed by atoms with E-state index in [1.54, 1.807) is 6.07 Å². The highest BCUT2D eigenvalue weighted by Gasteiger charge is 2.22. The fraction of sp³-hybridized carbons (Fsp3) is 0.385. The average Bonchev–Trinajstić information content (AvgIpc) is 2.25. The van der Waals surface area contributed by atoms with Crippen molar-refractivity contribution in [2.75, 3.05) is 0 Å². The minimum Gasteiger partial charge on any atom is -0.293 e. The first-order valence-electron chi connectivity index (χ1n) is 5.24. The molecule has 0 N–H and O–H groups in total. The van der Waals surface area contributed by atoms with Crippen LogP contribution in [0.5, 0.6) is 0 Å². The van der Waals surface area contributed by atoms with Gasteiger partial charge in [-0.1, -0.05) is 26.0 Å². The number of ketones is 1. The number of carbonyl (C=O) groups excluding carboxylic acids is 1. The Labute approximate surface area is 94.7 Å². The number of rotatable bonds is 4. The molecule has 1 aromatic carbocycles. The largest absolute Gasteiger partial charge is 0.293 e. The van der Waals surface area contributed by atoms with E-state index < -0.39 is 17.5 Å². The zero-order valence-corrected chi connectivity index (χ0v) is 9.40. The molecule has 16 heavy (non-hydrogen) atoms. The molecule has 0 fully saturated rings. The summed E-state index contributed by atoms with van der Waals surface area (Å²) >= 11 is 0. The van der Waals surface area contributed by atoms with Gasteiger partial charge in [0.25, 0.3) is 0 Å². The fourth-order valence-corrected chi connectivity index (χ4v) is 1.54. The molecule has 0 amide bonds. The summed E-state index contributed by atoms with van der Waals surface area (Å²) < 4.78 is 13.3. The molecule has 0 radical (unpaired) electrons. The van der Waals surface area contributed by atoms with Crippen LogP contribution < -0.4 is 0 Å². The first-order valence-corrected chi connectivity index (χ1v) is 5.24. The van der Waals surface area contributed by atoms with E-state index in [4.69, 9.17) is 5.26 Å². The Hall–Kier alpha value is -1.69. The molecule has 2 nitrogen and oxygen atoms in total. The minimum absolute atomic E-state index is 0.00898. The predicted molar refractivity (Wildman–Crippen MR) is 59.3 cm³/mol. The Morgan fingerprint density at radius 1 is 1.44 bits per heavy atom. The summed E-state index contributed by atoms with van der Waals surface area (Å²) in [6.45, 7) is 3.86. The van der Waals surface area contributed by atoms with E-state index in [1.165, 1.54) is 18.2 Å². The molecule has 0 heterocycles. The van der Waals surface area contributed by atoms with Crippen LogP contribution >= 0.6 is 0 Å². The molecule has 0 saturated carbocycles. The second-order valence-electron chi connectivity index (χ2n) is 4.16. The molecule has 0 aliphatic heterocycles. The third-order valence-electron chi connectivity index (χ3n) is 2.32. The minimum atomic E-state index is -0.753. The maximum atomic E-state index is 13.3. The molecule has 0 spiro atoms. The molecule has 1 aromatic rings. The van der Waals surface area contributed by atoms with Crippen LogP contribution in [0.1, 0.15) is 30.6 Å². The Balaban J connectivity index is 2.93. The van der Waals surface area contributed by atoms with Crippen LogP contribution in [-0.2, 0) is 0 Å². The van der Waals surface area contributed by atoms with E-state index in [9.17, 15) is 9.18 Å². The van der Waals surface area contributed by atoms with Gasteiger partial charge >= 0.3 is 0 Å². The van der Waals surface area contributed by atoms with Gasteiger partial charge in [-0.15, -0.1) is 0 Å². The summed E-state index contributed by atoms with van der Waals surface area (Å²) in [7, 11) is 0. The first-order chi connectivity index (χ1) is 7.56. The molecule has 1 unspecified atom stereocenters. The van der Waals surface area contributed by atoms with Crippen LogP contribution in [0.2, 0.25) is 0 Å². The standard InChI is InChI=1S/C13H14FNO/c1-9(2)7-10(8-15)13(16)11-5-3-4-6-12(11)14/h3-6,9-10H,7H2,1-2H3. The van der Waals surface area contributed by atoms with Gasteiger partial charge in [0, 0.05) is 0 Å². The topological polar surface area (TPSA) is 40.9 Å². The van der Waals surface area contributed by atoms with Gasteiger partial charge in [-0.3, -0.25) is 4.79 Å². The quantitative estimate of drug-likeness (QED) is 0.729. The molecule has 1 atom stereocenters. The summed E-state index contributed by atoms with van der Waals surface area (Å²) in [5.41, 5.74) is 0.00898. The third kappa shape index (κ3) is 2.90. The van der Waals surface area contributed by atoms with Gasteiger partial charge in [-0.2, -0.15) is 5.26 Å².